The van der Waals surface area contributed by atoms with Gasteiger partial charge in [0.25, 0.3) is 0 Å². The second-order valence-corrected chi connectivity index (χ2v) is 4.96. The van der Waals surface area contributed by atoms with Crippen molar-refractivity contribution in [2.24, 2.45) is 0 Å². The highest BCUT2D eigenvalue weighted by Gasteiger charge is 2.12. The molecule has 0 aliphatic rings. The van der Waals surface area contributed by atoms with Crippen LogP contribution in [0.25, 0.3) is 0 Å². The molecule has 19 heavy (non-hydrogen) atoms. The van der Waals surface area contributed by atoms with Crippen LogP contribution in [0.5, 0.6) is 0 Å². The molecule has 1 N–H and O–H groups in total. The number of nitrogens with zero attached hydrogens (tertiary/aromatic N) is 1. The van der Waals surface area contributed by atoms with Gasteiger partial charge >= 0.3 is 0 Å². The van der Waals surface area contributed by atoms with Crippen molar-refractivity contribution >= 4 is 5.91 Å². The Bertz CT molecular complexity index is 414. The number of carbonyl (C=O) groups excluding carboxylic acids is 1. The summed E-state index contributed by atoms with van der Waals surface area (Å²) in [5.41, 5.74) is 2.20. The van der Waals surface area contributed by atoms with Gasteiger partial charge in [0.2, 0.25) is 5.91 Å². The first-order valence-corrected chi connectivity index (χ1v) is 6.74. The zero-order chi connectivity index (χ0) is 14.3. The molecular formula is C16H24N2O. The molecule has 1 rings (SSSR count). The molecule has 104 valence electrons. The Morgan fingerprint density at radius 3 is 2.47 bits per heavy atom. The molecule has 0 radical (unpaired) electrons. The maximum atomic E-state index is 12.0. The summed E-state index contributed by atoms with van der Waals surface area (Å²) in [6.07, 6.45) is 0. The van der Waals surface area contributed by atoms with Crippen LogP contribution in [0, 0.1) is 0 Å². The van der Waals surface area contributed by atoms with E-state index in [2.05, 4.69) is 23.7 Å². The Balaban J connectivity index is 2.48. The number of hydrogen-bond donors (Lipinski definition) is 1. The van der Waals surface area contributed by atoms with E-state index in [1.54, 1.807) is 0 Å². The summed E-state index contributed by atoms with van der Waals surface area (Å²) < 4.78 is 0. The topological polar surface area (TPSA) is 32.3 Å². The number of likely N-dealkylation sites (N-methyl/N-ethyl adjacent to an activating group) is 1. The summed E-state index contributed by atoms with van der Waals surface area (Å²) in [5.74, 6) is 0.0550. The molecule has 0 aliphatic heterocycles. The van der Waals surface area contributed by atoms with E-state index in [1.165, 1.54) is 0 Å². The third-order valence-electron chi connectivity index (χ3n) is 2.99. The van der Waals surface area contributed by atoms with Gasteiger partial charge in [-0.1, -0.05) is 49.4 Å². The van der Waals surface area contributed by atoms with Gasteiger partial charge in [0.15, 0.2) is 0 Å². The Kier molecular flexibility index (Phi) is 6.30. The summed E-state index contributed by atoms with van der Waals surface area (Å²) in [5, 5.41) is 3.02. The number of hydrogen-bond acceptors (Lipinski definition) is 2. The van der Waals surface area contributed by atoms with Gasteiger partial charge < -0.3 is 5.32 Å². The number of nitrogens with one attached hydrogen (secondary N) is 1. The molecule has 1 aromatic carbocycles. The molecule has 3 heteroatoms. The largest absolute Gasteiger partial charge is 0.348 e. The normalized spacial score (nSPS) is 12.2. The molecule has 1 atom stereocenters. The van der Waals surface area contributed by atoms with Crippen molar-refractivity contribution < 1.29 is 4.79 Å². The van der Waals surface area contributed by atoms with Crippen LogP contribution in [0.1, 0.15) is 32.4 Å². The number of amides is 1. The lowest BCUT2D eigenvalue weighted by atomic mass is 10.1. The fourth-order valence-electron chi connectivity index (χ4n) is 1.98. The molecule has 0 saturated carbocycles. The van der Waals surface area contributed by atoms with E-state index in [9.17, 15) is 4.79 Å². The van der Waals surface area contributed by atoms with Gasteiger partial charge in [0.1, 0.15) is 0 Å². The smallest absolute Gasteiger partial charge is 0.234 e. The summed E-state index contributed by atoms with van der Waals surface area (Å²) in [4.78, 5) is 14.1. The average Bonchev–Trinajstić information content (AvgIpc) is 2.38. The summed E-state index contributed by atoms with van der Waals surface area (Å²) in [6, 6.07) is 10.0. The van der Waals surface area contributed by atoms with E-state index in [4.69, 9.17) is 0 Å². The van der Waals surface area contributed by atoms with Gasteiger partial charge in [-0.2, -0.15) is 0 Å². The molecule has 1 aromatic rings. The Hall–Kier alpha value is -1.61. The van der Waals surface area contributed by atoms with E-state index in [0.29, 0.717) is 6.54 Å². The predicted molar refractivity (Wildman–Crippen MR) is 79.9 cm³/mol. The first-order valence-electron chi connectivity index (χ1n) is 6.74. The van der Waals surface area contributed by atoms with Crippen LogP contribution >= 0.6 is 0 Å². The molecule has 1 amide bonds. The standard InChI is InChI=1S/C16H24N2O/c1-5-18(11-13(2)3)12-16(19)17-14(4)15-9-7-6-8-10-15/h6-10,14H,2,5,11-12H2,1,3-4H3,(H,17,19). The molecule has 0 aliphatic carbocycles. The van der Waals surface area contributed by atoms with E-state index in [0.717, 1.165) is 24.2 Å². The first kappa shape index (κ1) is 15.4. The van der Waals surface area contributed by atoms with E-state index in [1.807, 2.05) is 44.2 Å². The highest BCUT2D eigenvalue weighted by Crippen LogP contribution is 2.10. The number of rotatable bonds is 7. The van der Waals surface area contributed by atoms with Crippen molar-refractivity contribution in [3.63, 3.8) is 0 Å². The molecule has 0 bridgehead atoms. The Labute approximate surface area is 116 Å². The third-order valence-corrected chi connectivity index (χ3v) is 2.99. The molecule has 0 saturated heterocycles. The lowest BCUT2D eigenvalue weighted by Crippen LogP contribution is -2.38. The minimum Gasteiger partial charge on any atom is -0.348 e. The molecule has 0 spiro atoms. The second-order valence-electron chi connectivity index (χ2n) is 4.96. The minimum absolute atomic E-state index is 0.0391. The van der Waals surface area contributed by atoms with Gasteiger partial charge in [0, 0.05) is 6.54 Å². The van der Waals surface area contributed by atoms with Crippen LogP contribution in [0.2, 0.25) is 0 Å². The summed E-state index contributed by atoms with van der Waals surface area (Å²) in [6.45, 7) is 12.0. The van der Waals surface area contributed by atoms with Gasteiger partial charge in [-0.15, -0.1) is 0 Å². The molecule has 0 fully saturated rings. The number of carbonyl (C=O) groups is 1. The quantitative estimate of drug-likeness (QED) is 0.765. The summed E-state index contributed by atoms with van der Waals surface area (Å²) in [7, 11) is 0. The summed E-state index contributed by atoms with van der Waals surface area (Å²) >= 11 is 0. The zero-order valence-corrected chi connectivity index (χ0v) is 12.1. The van der Waals surface area contributed by atoms with Gasteiger partial charge in [-0.05, 0) is 26.0 Å². The Morgan fingerprint density at radius 2 is 1.95 bits per heavy atom. The van der Waals surface area contributed by atoms with E-state index in [-0.39, 0.29) is 11.9 Å². The monoisotopic (exact) mass is 260 g/mol. The van der Waals surface area contributed by atoms with Crippen LogP contribution in [0.4, 0.5) is 0 Å². The maximum Gasteiger partial charge on any atom is 0.234 e. The molecule has 3 nitrogen and oxygen atoms in total. The van der Waals surface area contributed by atoms with Crippen LogP contribution in [0.3, 0.4) is 0 Å². The van der Waals surface area contributed by atoms with E-state index >= 15 is 0 Å². The average molecular weight is 260 g/mol. The Morgan fingerprint density at radius 1 is 1.32 bits per heavy atom. The minimum atomic E-state index is 0.0391. The predicted octanol–water partition coefficient (Wildman–Crippen LogP) is 2.76. The van der Waals surface area contributed by atoms with Crippen LogP contribution < -0.4 is 5.32 Å². The van der Waals surface area contributed by atoms with Crippen LogP contribution in [-0.4, -0.2) is 30.4 Å². The highest BCUT2D eigenvalue weighted by molar-refractivity contribution is 5.78. The SMILES string of the molecule is C=C(C)CN(CC)CC(=O)NC(C)c1ccccc1. The lowest BCUT2D eigenvalue weighted by molar-refractivity contribution is -0.122. The maximum absolute atomic E-state index is 12.0. The van der Waals surface area contributed by atoms with Crippen molar-refractivity contribution in [1.82, 2.24) is 10.2 Å². The van der Waals surface area contributed by atoms with Crippen molar-refractivity contribution in [2.45, 2.75) is 26.8 Å². The fourth-order valence-corrected chi connectivity index (χ4v) is 1.98. The molecule has 1 unspecified atom stereocenters. The molecular weight excluding hydrogens is 236 g/mol. The molecule has 0 aromatic heterocycles. The zero-order valence-electron chi connectivity index (χ0n) is 12.1. The van der Waals surface area contributed by atoms with Crippen LogP contribution in [0.15, 0.2) is 42.5 Å². The van der Waals surface area contributed by atoms with Gasteiger partial charge in [-0.3, -0.25) is 9.69 Å². The third kappa shape index (κ3) is 5.71. The lowest BCUT2D eigenvalue weighted by Gasteiger charge is -2.21. The van der Waals surface area contributed by atoms with Crippen molar-refractivity contribution in [3.8, 4) is 0 Å². The van der Waals surface area contributed by atoms with Gasteiger partial charge in [-0.25, -0.2) is 0 Å². The molecule has 0 heterocycles. The van der Waals surface area contributed by atoms with Gasteiger partial charge in [0.05, 0.1) is 12.6 Å². The van der Waals surface area contributed by atoms with Crippen molar-refractivity contribution in [1.29, 1.82) is 0 Å². The van der Waals surface area contributed by atoms with Crippen molar-refractivity contribution in [2.75, 3.05) is 19.6 Å². The second kappa shape index (κ2) is 7.74. The number of benzene rings is 1. The highest BCUT2D eigenvalue weighted by atomic mass is 16.2. The van der Waals surface area contributed by atoms with Crippen molar-refractivity contribution in [3.05, 3.63) is 48.0 Å². The van der Waals surface area contributed by atoms with E-state index < -0.39 is 0 Å². The first-order chi connectivity index (χ1) is 9.02. The fraction of sp³-hybridized carbons (Fsp3) is 0.438. The van der Waals surface area contributed by atoms with Crippen LogP contribution in [-0.2, 0) is 4.79 Å².